The number of amides is 1. The van der Waals surface area contributed by atoms with Crippen LogP contribution >= 0.6 is 0 Å². The van der Waals surface area contributed by atoms with Crippen molar-refractivity contribution in [2.45, 2.75) is 38.2 Å². The van der Waals surface area contributed by atoms with E-state index in [9.17, 15) is 13.6 Å². The predicted octanol–water partition coefficient (Wildman–Crippen LogP) is 3.99. The maximum atomic E-state index is 14.9. The first kappa shape index (κ1) is 22.3. The van der Waals surface area contributed by atoms with Crippen molar-refractivity contribution in [3.05, 3.63) is 71.3 Å². The molecule has 37 heavy (non-hydrogen) atoms. The van der Waals surface area contributed by atoms with Crippen molar-refractivity contribution in [3.8, 4) is 11.1 Å². The summed E-state index contributed by atoms with van der Waals surface area (Å²) in [6.45, 7) is 3.35. The number of nitrogens with zero attached hydrogens (tertiary/aromatic N) is 5. The number of rotatable bonds is 2. The normalized spacial score (nSPS) is 21.4. The van der Waals surface area contributed by atoms with E-state index in [1.807, 2.05) is 4.40 Å². The Hall–Kier alpha value is -3.92. The highest BCUT2D eigenvalue weighted by Gasteiger charge is 2.51. The molecule has 1 aliphatic carbocycles. The molecule has 5 heterocycles. The SMILES string of the molecule is Cc1nc(N2CCC3(CC2)Cc2ccccc2C3N)n2ccnc2c1-c1ccnc2c1C(F)(F)C(=O)N2. The number of benzene rings is 1. The predicted molar refractivity (Wildman–Crippen MR) is 134 cm³/mol. The van der Waals surface area contributed by atoms with Crippen molar-refractivity contribution in [3.63, 3.8) is 0 Å². The molecular weight excluding hydrogens is 476 g/mol. The van der Waals surface area contributed by atoms with Gasteiger partial charge in [0.2, 0.25) is 5.95 Å². The van der Waals surface area contributed by atoms with E-state index in [0.29, 0.717) is 16.9 Å². The number of piperidine rings is 1. The van der Waals surface area contributed by atoms with Crippen LogP contribution in [-0.2, 0) is 17.1 Å². The van der Waals surface area contributed by atoms with Gasteiger partial charge in [-0.15, -0.1) is 0 Å². The van der Waals surface area contributed by atoms with E-state index >= 15 is 0 Å². The average Bonchev–Trinajstić information content (AvgIpc) is 3.54. The Morgan fingerprint density at radius 3 is 2.68 bits per heavy atom. The second kappa shape index (κ2) is 7.55. The molecule has 3 aliphatic rings. The number of aryl methyl sites for hydroxylation is 1. The second-order valence-electron chi connectivity index (χ2n) is 10.3. The highest BCUT2D eigenvalue weighted by Crippen LogP contribution is 2.51. The number of aromatic nitrogens is 4. The lowest BCUT2D eigenvalue weighted by atomic mass is 9.73. The van der Waals surface area contributed by atoms with Gasteiger partial charge in [-0.1, -0.05) is 24.3 Å². The zero-order chi connectivity index (χ0) is 25.5. The smallest absolute Gasteiger partial charge is 0.342 e. The number of anilines is 2. The maximum Gasteiger partial charge on any atom is 0.354 e. The van der Waals surface area contributed by atoms with Crippen molar-refractivity contribution < 1.29 is 13.6 Å². The number of nitrogens with one attached hydrogen (secondary N) is 1. The molecule has 3 N–H and O–H groups in total. The Bertz CT molecular complexity index is 1590. The highest BCUT2D eigenvalue weighted by atomic mass is 19.3. The first-order chi connectivity index (χ1) is 17.8. The van der Waals surface area contributed by atoms with Crippen LogP contribution in [0.15, 0.2) is 48.9 Å². The van der Waals surface area contributed by atoms with Crippen LogP contribution in [-0.4, -0.2) is 38.3 Å². The summed E-state index contributed by atoms with van der Waals surface area (Å²) in [5.74, 6) is -4.47. The fraction of sp³-hybridized carbons (Fsp3) is 0.333. The van der Waals surface area contributed by atoms with Gasteiger partial charge in [0.15, 0.2) is 0 Å². The Labute approximate surface area is 211 Å². The van der Waals surface area contributed by atoms with E-state index < -0.39 is 17.4 Å². The summed E-state index contributed by atoms with van der Waals surface area (Å²) in [4.78, 5) is 27.5. The standard InChI is InChI=1S/C27H25F2N7O/c1-15-19(18-6-9-31-22-20(18)27(28,29)24(37)34-22)23-32-10-13-36(23)25(33-15)35-11-7-26(8-12-35)14-16-4-2-3-5-17(16)21(26)30/h2-6,9-10,13,21H,7-8,11-12,14,30H2,1H3,(H,31,34,37). The molecule has 0 radical (unpaired) electrons. The lowest BCUT2D eigenvalue weighted by molar-refractivity contribution is -0.139. The monoisotopic (exact) mass is 501 g/mol. The van der Waals surface area contributed by atoms with E-state index in [2.05, 4.69) is 44.5 Å². The van der Waals surface area contributed by atoms with Gasteiger partial charge in [0.25, 0.3) is 0 Å². The molecule has 1 fully saturated rings. The maximum absolute atomic E-state index is 14.9. The van der Waals surface area contributed by atoms with Crippen LogP contribution in [0.3, 0.4) is 0 Å². The summed E-state index contributed by atoms with van der Waals surface area (Å²) in [5, 5.41) is 2.19. The summed E-state index contributed by atoms with van der Waals surface area (Å²) < 4.78 is 31.6. The summed E-state index contributed by atoms with van der Waals surface area (Å²) in [5.41, 5.74) is 10.7. The van der Waals surface area contributed by atoms with Crippen molar-refractivity contribution in [2.24, 2.45) is 11.1 Å². The van der Waals surface area contributed by atoms with Gasteiger partial charge in [-0.05, 0) is 48.8 Å². The van der Waals surface area contributed by atoms with Crippen molar-refractivity contribution in [1.82, 2.24) is 19.4 Å². The summed E-state index contributed by atoms with van der Waals surface area (Å²) in [7, 11) is 0. The summed E-state index contributed by atoms with van der Waals surface area (Å²) in [6, 6.07) is 9.96. The molecule has 2 aliphatic heterocycles. The van der Waals surface area contributed by atoms with E-state index in [0.717, 1.165) is 38.3 Å². The number of hydrogen-bond acceptors (Lipinski definition) is 6. The molecule has 1 atom stereocenters. The fourth-order valence-electron chi connectivity index (χ4n) is 6.45. The quantitative estimate of drug-likeness (QED) is 0.431. The largest absolute Gasteiger partial charge is 0.354 e. The summed E-state index contributed by atoms with van der Waals surface area (Å²) in [6.07, 6.45) is 7.69. The van der Waals surface area contributed by atoms with Crippen LogP contribution in [0.2, 0.25) is 0 Å². The molecule has 0 saturated carbocycles. The van der Waals surface area contributed by atoms with Crippen molar-refractivity contribution in [1.29, 1.82) is 0 Å². The van der Waals surface area contributed by atoms with Gasteiger partial charge in [0, 0.05) is 48.8 Å². The van der Waals surface area contributed by atoms with Crippen LogP contribution in [0.25, 0.3) is 16.8 Å². The van der Waals surface area contributed by atoms with Crippen LogP contribution in [0.1, 0.15) is 41.3 Å². The summed E-state index contributed by atoms with van der Waals surface area (Å²) >= 11 is 0. The topological polar surface area (TPSA) is 101 Å². The van der Waals surface area contributed by atoms with Gasteiger partial charge in [-0.2, -0.15) is 8.78 Å². The zero-order valence-electron chi connectivity index (χ0n) is 20.2. The molecule has 1 amide bonds. The van der Waals surface area contributed by atoms with E-state index in [-0.39, 0.29) is 22.8 Å². The van der Waals surface area contributed by atoms with Crippen LogP contribution < -0.4 is 16.0 Å². The number of hydrogen-bond donors (Lipinski definition) is 2. The minimum atomic E-state index is -3.69. The zero-order valence-corrected chi connectivity index (χ0v) is 20.2. The molecule has 1 saturated heterocycles. The van der Waals surface area contributed by atoms with Gasteiger partial charge in [0.05, 0.1) is 11.3 Å². The van der Waals surface area contributed by atoms with Gasteiger partial charge in [-0.25, -0.2) is 15.0 Å². The van der Waals surface area contributed by atoms with Gasteiger partial charge in [-0.3, -0.25) is 9.20 Å². The average molecular weight is 502 g/mol. The number of imidazole rings is 1. The molecule has 1 unspecified atom stereocenters. The lowest BCUT2D eigenvalue weighted by Crippen LogP contribution is -2.45. The molecular formula is C27H25F2N7O. The van der Waals surface area contributed by atoms with Crippen LogP contribution in [0.5, 0.6) is 0 Å². The van der Waals surface area contributed by atoms with Gasteiger partial charge >= 0.3 is 11.8 Å². The Balaban J connectivity index is 1.26. The number of fused-ring (bicyclic) bond motifs is 3. The molecule has 8 nitrogen and oxygen atoms in total. The minimum absolute atomic E-state index is 0.0166. The third kappa shape index (κ3) is 3.02. The molecule has 7 rings (SSSR count). The molecule has 3 aromatic heterocycles. The van der Waals surface area contributed by atoms with E-state index in [1.54, 1.807) is 19.3 Å². The van der Waals surface area contributed by atoms with Crippen molar-refractivity contribution in [2.75, 3.05) is 23.3 Å². The fourth-order valence-corrected chi connectivity index (χ4v) is 6.45. The molecule has 4 aromatic rings. The second-order valence-corrected chi connectivity index (χ2v) is 10.3. The molecule has 1 aromatic carbocycles. The van der Waals surface area contributed by atoms with Gasteiger partial charge < -0.3 is 16.0 Å². The van der Waals surface area contributed by atoms with Crippen molar-refractivity contribution >= 4 is 23.3 Å². The lowest BCUT2D eigenvalue weighted by Gasteiger charge is -2.42. The number of halogens is 2. The molecule has 188 valence electrons. The molecule has 10 heteroatoms. The number of pyridine rings is 1. The highest BCUT2D eigenvalue weighted by molar-refractivity contribution is 6.06. The first-order valence-corrected chi connectivity index (χ1v) is 12.4. The van der Waals surface area contributed by atoms with Crippen LogP contribution in [0.4, 0.5) is 20.5 Å². The number of carbonyl (C=O) groups excluding carboxylic acids is 1. The third-order valence-electron chi connectivity index (χ3n) is 8.40. The minimum Gasteiger partial charge on any atom is -0.342 e. The Kier molecular flexibility index (Phi) is 4.55. The third-order valence-corrected chi connectivity index (χ3v) is 8.40. The Morgan fingerprint density at radius 2 is 1.89 bits per heavy atom. The number of alkyl halides is 2. The van der Waals surface area contributed by atoms with E-state index in [4.69, 9.17) is 10.7 Å². The first-order valence-electron chi connectivity index (χ1n) is 12.4. The van der Waals surface area contributed by atoms with Gasteiger partial charge in [0.1, 0.15) is 11.5 Å². The molecule has 1 spiro atoms. The number of nitrogens with two attached hydrogens (primary N) is 1. The Morgan fingerprint density at radius 1 is 1.11 bits per heavy atom. The van der Waals surface area contributed by atoms with E-state index in [1.165, 1.54) is 23.4 Å². The van der Waals surface area contributed by atoms with Crippen LogP contribution in [0, 0.1) is 12.3 Å². The molecule has 0 bridgehead atoms. The number of carbonyl (C=O) groups is 1.